The van der Waals surface area contributed by atoms with Gasteiger partial charge < -0.3 is 14.8 Å². The van der Waals surface area contributed by atoms with Crippen molar-refractivity contribution in [2.75, 3.05) is 12.1 Å². The number of imidazole rings is 1. The predicted molar refractivity (Wildman–Crippen MR) is 134 cm³/mol. The van der Waals surface area contributed by atoms with Crippen LogP contribution in [0.3, 0.4) is 0 Å². The first-order chi connectivity index (χ1) is 16.9. The fraction of sp³-hybridized carbons (Fsp3) is 0.0690. The molecule has 0 bridgehead atoms. The number of aromatic nitrogens is 2. The Bertz CT molecular complexity index is 1550. The van der Waals surface area contributed by atoms with Gasteiger partial charge in [0.25, 0.3) is 0 Å². The van der Waals surface area contributed by atoms with E-state index in [1.165, 1.54) is 5.57 Å². The van der Waals surface area contributed by atoms with Crippen LogP contribution in [0.15, 0.2) is 103 Å². The molecule has 0 aliphatic carbocycles. The topological polar surface area (TPSA) is 48.3 Å². The monoisotopic (exact) mass is 443 g/mol. The SMILES string of the molecule is c1ccc(C2=C(c3ccccc3)C(c3ccc4c(c3)OCO4)n3c(nc4ccccc43)N2)cc1. The molecule has 0 saturated heterocycles. The molecule has 1 atom stereocenters. The van der Waals surface area contributed by atoms with Crippen LogP contribution < -0.4 is 14.8 Å². The van der Waals surface area contributed by atoms with E-state index in [2.05, 4.69) is 94.8 Å². The van der Waals surface area contributed by atoms with E-state index in [0.717, 1.165) is 50.9 Å². The Hall–Kier alpha value is -4.51. The van der Waals surface area contributed by atoms with Crippen molar-refractivity contribution in [2.45, 2.75) is 6.04 Å². The molecule has 4 aromatic carbocycles. The maximum atomic E-state index is 5.76. The van der Waals surface area contributed by atoms with Gasteiger partial charge in [0, 0.05) is 5.57 Å². The first-order valence-electron chi connectivity index (χ1n) is 11.4. The third-order valence-electron chi connectivity index (χ3n) is 6.49. The molecule has 0 amide bonds. The summed E-state index contributed by atoms with van der Waals surface area (Å²) in [5, 5.41) is 3.68. The number of para-hydroxylation sites is 2. The molecule has 164 valence electrons. The van der Waals surface area contributed by atoms with Crippen molar-refractivity contribution >= 4 is 28.3 Å². The summed E-state index contributed by atoms with van der Waals surface area (Å²) >= 11 is 0. The highest BCUT2D eigenvalue weighted by atomic mass is 16.7. The Labute approximate surface area is 196 Å². The molecule has 5 heteroatoms. The van der Waals surface area contributed by atoms with E-state index in [1.54, 1.807) is 0 Å². The lowest BCUT2D eigenvalue weighted by Gasteiger charge is -2.33. The second-order valence-electron chi connectivity index (χ2n) is 8.46. The molecule has 5 aromatic rings. The smallest absolute Gasteiger partial charge is 0.231 e. The largest absolute Gasteiger partial charge is 0.454 e. The van der Waals surface area contributed by atoms with Gasteiger partial charge in [-0.15, -0.1) is 0 Å². The number of nitrogens with zero attached hydrogens (tertiary/aromatic N) is 2. The minimum absolute atomic E-state index is 0.115. The molecular formula is C29H21N3O2. The molecule has 1 unspecified atom stereocenters. The number of ether oxygens (including phenoxy) is 2. The van der Waals surface area contributed by atoms with Crippen LogP contribution in [0.1, 0.15) is 22.7 Å². The van der Waals surface area contributed by atoms with Crippen molar-refractivity contribution in [3.8, 4) is 11.5 Å². The zero-order valence-electron chi connectivity index (χ0n) is 18.3. The normalized spacial score (nSPS) is 16.4. The van der Waals surface area contributed by atoms with Gasteiger partial charge in [0.05, 0.1) is 22.8 Å². The molecule has 0 fully saturated rings. The van der Waals surface area contributed by atoms with Gasteiger partial charge >= 0.3 is 0 Å². The van der Waals surface area contributed by atoms with E-state index in [-0.39, 0.29) is 12.8 Å². The Morgan fingerprint density at radius 1 is 0.735 bits per heavy atom. The molecule has 3 heterocycles. The minimum atomic E-state index is -0.115. The highest BCUT2D eigenvalue weighted by molar-refractivity contribution is 6.01. The molecule has 0 saturated carbocycles. The number of rotatable bonds is 3. The summed E-state index contributed by atoms with van der Waals surface area (Å²) in [6.07, 6.45) is 0. The number of benzene rings is 4. The van der Waals surface area contributed by atoms with Crippen molar-refractivity contribution in [1.29, 1.82) is 0 Å². The molecule has 1 N–H and O–H groups in total. The molecule has 2 aliphatic rings. The van der Waals surface area contributed by atoms with Gasteiger partial charge in [-0.2, -0.15) is 0 Å². The Morgan fingerprint density at radius 2 is 1.44 bits per heavy atom. The average molecular weight is 444 g/mol. The van der Waals surface area contributed by atoms with Crippen molar-refractivity contribution in [2.24, 2.45) is 0 Å². The number of anilines is 1. The summed E-state index contributed by atoms with van der Waals surface area (Å²) in [6.45, 7) is 0.251. The fourth-order valence-electron chi connectivity index (χ4n) is 4.99. The van der Waals surface area contributed by atoms with Gasteiger partial charge in [0.2, 0.25) is 12.7 Å². The van der Waals surface area contributed by atoms with Gasteiger partial charge in [0.1, 0.15) is 0 Å². The highest BCUT2D eigenvalue weighted by Gasteiger charge is 2.33. The van der Waals surface area contributed by atoms with Crippen LogP contribution in [-0.2, 0) is 0 Å². The maximum absolute atomic E-state index is 5.76. The van der Waals surface area contributed by atoms with E-state index in [9.17, 15) is 0 Å². The third kappa shape index (κ3) is 2.90. The number of hydrogen-bond donors (Lipinski definition) is 1. The summed E-state index contributed by atoms with van der Waals surface area (Å²) in [5.41, 5.74) is 7.65. The predicted octanol–water partition coefficient (Wildman–Crippen LogP) is 6.35. The van der Waals surface area contributed by atoms with Crippen LogP contribution in [0.4, 0.5) is 5.95 Å². The maximum Gasteiger partial charge on any atom is 0.231 e. The van der Waals surface area contributed by atoms with Crippen LogP contribution in [-0.4, -0.2) is 16.3 Å². The second-order valence-corrected chi connectivity index (χ2v) is 8.46. The van der Waals surface area contributed by atoms with Crippen molar-refractivity contribution < 1.29 is 9.47 Å². The molecule has 1 aromatic heterocycles. The summed E-state index contributed by atoms with van der Waals surface area (Å²) in [6, 6.07) is 35.4. The van der Waals surface area contributed by atoms with Gasteiger partial charge in [-0.1, -0.05) is 78.9 Å². The Balaban J connectivity index is 1.56. The second kappa shape index (κ2) is 7.52. The third-order valence-corrected chi connectivity index (χ3v) is 6.49. The highest BCUT2D eigenvalue weighted by Crippen LogP contribution is 2.47. The zero-order valence-corrected chi connectivity index (χ0v) is 18.3. The van der Waals surface area contributed by atoms with Crippen LogP contribution in [0.25, 0.3) is 22.3 Å². The molecule has 0 spiro atoms. The fourth-order valence-corrected chi connectivity index (χ4v) is 4.99. The number of allylic oxidation sites excluding steroid dienone is 1. The molecule has 7 rings (SSSR count). The Morgan fingerprint density at radius 3 is 2.26 bits per heavy atom. The van der Waals surface area contributed by atoms with Gasteiger partial charge in [-0.05, 0) is 41.0 Å². The first kappa shape index (κ1) is 19.0. The summed E-state index contributed by atoms with van der Waals surface area (Å²) in [4.78, 5) is 4.97. The number of nitrogens with one attached hydrogen (secondary N) is 1. The minimum Gasteiger partial charge on any atom is -0.454 e. The quantitative estimate of drug-likeness (QED) is 0.353. The first-order valence-corrected chi connectivity index (χ1v) is 11.4. The van der Waals surface area contributed by atoms with E-state index < -0.39 is 0 Å². The van der Waals surface area contributed by atoms with Gasteiger partial charge in [-0.25, -0.2) is 4.98 Å². The summed E-state index contributed by atoms with van der Waals surface area (Å²) in [5.74, 6) is 2.37. The van der Waals surface area contributed by atoms with E-state index in [1.807, 2.05) is 18.2 Å². The molecule has 5 nitrogen and oxygen atoms in total. The standard InChI is InChI=1S/C29H21N3O2/c1-3-9-19(10-4-1)26-27(20-11-5-2-6-12-20)31-29-30-22-13-7-8-14-23(22)32(29)28(26)21-15-16-24-25(17-21)34-18-33-24/h1-17,28H,18H2,(H,30,31). The number of hydrogen-bond acceptors (Lipinski definition) is 4. The molecule has 34 heavy (non-hydrogen) atoms. The van der Waals surface area contributed by atoms with E-state index >= 15 is 0 Å². The summed E-state index contributed by atoms with van der Waals surface area (Å²) < 4.78 is 13.7. The van der Waals surface area contributed by atoms with Gasteiger partial charge in [-0.3, -0.25) is 4.57 Å². The van der Waals surface area contributed by atoms with Crippen molar-refractivity contribution in [3.63, 3.8) is 0 Å². The van der Waals surface area contributed by atoms with Crippen LogP contribution in [0.2, 0.25) is 0 Å². The summed E-state index contributed by atoms with van der Waals surface area (Å²) in [7, 11) is 0. The van der Waals surface area contributed by atoms with E-state index in [0.29, 0.717) is 0 Å². The van der Waals surface area contributed by atoms with Crippen LogP contribution >= 0.6 is 0 Å². The molecule has 0 radical (unpaired) electrons. The van der Waals surface area contributed by atoms with Crippen molar-refractivity contribution in [1.82, 2.24) is 9.55 Å². The molecule has 2 aliphatic heterocycles. The van der Waals surface area contributed by atoms with E-state index in [4.69, 9.17) is 14.5 Å². The molecular weight excluding hydrogens is 422 g/mol. The number of fused-ring (bicyclic) bond motifs is 4. The average Bonchev–Trinajstić information content (AvgIpc) is 3.52. The van der Waals surface area contributed by atoms with Crippen molar-refractivity contribution in [3.05, 3.63) is 120 Å². The lowest BCUT2D eigenvalue weighted by atomic mass is 9.87. The zero-order chi connectivity index (χ0) is 22.5. The lowest BCUT2D eigenvalue weighted by molar-refractivity contribution is 0.174. The van der Waals surface area contributed by atoms with Crippen LogP contribution in [0.5, 0.6) is 11.5 Å². The Kier molecular flexibility index (Phi) is 4.21. The van der Waals surface area contributed by atoms with Gasteiger partial charge in [0.15, 0.2) is 11.5 Å². The lowest BCUT2D eigenvalue weighted by Crippen LogP contribution is -2.23. The van der Waals surface area contributed by atoms with Crippen LogP contribution in [0, 0.1) is 0 Å².